The zero-order valence-electron chi connectivity index (χ0n) is 17.1. The Kier molecular flexibility index (Phi) is 12.3. The molecule has 0 saturated carbocycles. The third kappa shape index (κ3) is 12.4. The number of rotatable bonds is 7. The molecule has 0 spiro atoms. The molecule has 3 atom stereocenters. The highest BCUT2D eigenvalue weighted by atomic mass is 16.5. The molecule has 0 aliphatic carbocycles. The van der Waals surface area contributed by atoms with Gasteiger partial charge in [0.15, 0.2) is 0 Å². The van der Waals surface area contributed by atoms with Crippen molar-refractivity contribution in [3.63, 3.8) is 0 Å². The molecule has 26 heavy (non-hydrogen) atoms. The summed E-state index contributed by atoms with van der Waals surface area (Å²) in [6.45, 7) is 10.4. The molecule has 1 N–H and O–H groups in total. The smallest absolute Gasteiger partial charge is 0.293 e. The second-order valence-corrected chi connectivity index (χ2v) is 7.82. The molecule has 2 unspecified atom stereocenters. The fraction of sp³-hybridized carbons (Fsp3) is 0.667. The molecule has 1 fully saturated rings. The van der Waals surface area contributed by atoms with Crippen molar-refractivity contribution in [3.05, 3.63) is 24.3 Å². The van der Waals surface area contributed by atoms with E-state index in [0.717, 1.165) is 19.3 Å². The van der Waals surface area contributed by atoms with Gasteiger partial charge in [-0.1, -0.05) is 32.1 Å². The maximum Gasteiger partial charge on any atom is 0.293 e. The topological polar surface area (TPSA) is 74.5 Å². The Labute approximate surface area is 159 Å². The van der Waals surface area contributed by atoms with Gasteiger partial charge in [0.05, 0.1) is 12.0 Å². The third-order valence-electron chi connectivity index (χ3n) is 3.71. The van der Waals surface area contributed by atoms with E-state index in [1.165, 1.54) is 0 Å². The van der Waals surface area contributed by atoms with Gasteiger partial charge in [-0.05, 0) is 52.0 Å². The molecule has 0 radical (unpaired) electrons. The van der Waals surface area contributed by atoms with Crippen molar-refractivity contribution < 1.29 is 9.53 Å². The van der Waals surface area contributed by atoms with Crippen LogP contribution in [-0.4, -0.2) is 37.4 Å². The van der Waals surface area contributed by atoms with E-state index < -0.39 is 0 Å². The average Bonchev–Trinajstić information content (AvgIpc) is 2.91. The highest BCUT2D eigenvalue weighted by Crippen LogP contribution is 2.25. The van der Waals surface area contributed by atoms with Gasteiger partial charge in [0.1, 0.15) is 5.60 Å². The van der Waals surface area contributed by atoms with Crippen molar-refractivity contribution in [1.29, 1.82) is 5.26 Å². The van der Waals surface area contributed by atoms with Gasteiger partial charge in [0.25, 0.3) is 6.47 Å². The van der Waals surface area contributed by atoms with E-state index in [1.807, 2.05) is 26.8 Å². The average molecular weight is 362 g/mol. The lowest BCUT2D eigenvalue weighted by molar-refractivity contribution is -0.138. The van der Waals surface area contributed by atoms with Gasteiger partial charge in [-0.3, -0.25) is 9.79 Å². The number of ether oxygens (including phenoxy) is 1. The van der Waals surface area contributed by atoms with Crippen LogP contribution in [0.25, 0.3) is 0 Å². The highest BCUT2D eigenvalue weighted by Gasteiger charge is 2.31. The van der Waals surface area contributed by atoms with E-state index in [9.17, 15) is 10.1 Å². The van der Waals surface area contributed by atoms with Crippen molar-refractivity contribution in [1.82, 2.24) is 5.32 Å². The zero-order chi connectivity index (χ0) is 20.0. The second kappa shape index (κ2) is 13.3. The third-order valence-corrected chi connectivity index (χ3v) is 3.71. The van der Waals surface area contributed by atoms with Gasteiger partial charge in [-0.15, -0.1) is 0 Å². The SMILES string of the molecule is CC(C)(C)OC=O.CN=CC=CC/C=C/[C@@H]1NC(CC(C)C)CC1C#N. The van der Waals surface area contributed by atoms with E-state index in [2.05, 4.69) is 53.2 Å². The Balaban J connectivity index is 0.000000758. The van der Waals surface area contributed by atoms with E-state index >= 15 is 0 Å². The minimum atomic E-state index is -0.318. The van der Waals surface area contributed by atoms with Crippen molar-refractivity contribution in [2.75, 3.05) is 7.05 Å². The van der Waals surface area contributed by atoms with Crippen LogP contribution in [-0.2, 0) is 9.53 Å². The van der Waals surface area contributed by atoms with Crippen molar-refractivity contribution in [2.45, 2.75) is 71.6 Å². The summed E-state index contributed by atoms with van der Waals surface area (Å²) in [5, 5.41) is 12.8. The van der Waals surface area contributed by atoms with E-state index in [0.29, 0.717) is 18.4 Å². The lowest BCUT2D eigenvalue weighted by Gasteiger charge is -2.14. The number of hydrogen-bond donors (Lipinski definition) is 1. The van der Waals surface area contributed by atoms with Crippen molar-refractivity contribution >= 4 is 12.7 Å². The molecule has 0 amide bonds. The predicted octanol–water partition coefficient (Wildman–Crippen LogP) is 4.06. The summed E-state index contributed by atoms with van der Waals surface area (Å²) in [6, 6.07) is 3.12. The zero-order valence-corrected chi connectivity index (χ0v) is 17.1. The minimum absolute atomic E-state index is 0.112. The molecule has 0 bridgehead atoms. The summed E-state index contributed by atoms with van der Waals surface area (Å²) in [7, 11) is 1.76. The van der Waals surface area contributed by atoms with Crippen LogP contribution >= 0.6 is 0 Å². The summed E-state index contributed by atoms with van der Waals surface area (Å²) in [6.07, 6.45) is 13.1. The number of nitriles is 1. The lowest BCUT2D eigenvalue weighted by atomic mass is 9.96. The standard InChI is InChI=1S/C16H25N3.C5H10O2/c1-13(2)10-15-11-14(12-17)16(19-15)8-6-4-5-7-9-18-3;1-5(2,3)7-4-6/h5-9,13-16,19H,4,10-11H2,1-3H3;4H,1-3H3/b7-5?,8-6+,18-9?;/t14?,15?,16-;/m0./s1. The molecule has 1 heterocycles. The first kappa shape index (κ1) is 24.1. The van der Waals surface area contributed by atoms with Crippen LogP contribution in [0.4, 0.5) is 0 Å². The van der Waals surface area contributed by atoms with Crippen molar-refractivity contribution in [2.24, 2.45) is 16.8 Å². The molecule has 5 nitrogen and oxygen atoms in total. The summed E-state index contributed by atoms with van der Waals surface area (Å²) < 4.78 is 4.55. The van der Waals surface area contributed by atoms with E-state index in [4.69, 9.17) is 0 Å². The van der Waals surface area contributed by atoms with Crippen LogP contribution in [0.3, 0.4) is 0 Å². The molecule has 146 valence electrons. The van der Waals surface area contributed by atoms with Gasteiger partial charge in [-0.2, -0.15) is 5.26 Å². The molecule has 1 saturated heterocycles. The Morgan fingerprint density at radius 3 is 2.50 bits per heavy atom. The molecular formula is C21H35N3O2. The number of allylic oxidation sites excluding steroid dienone is 3. The molecule has 5 heteroatoms. The van der Waals surface area contributed by atoms with Crippen LogP contribution in [0, 0.1) is 23.2 Å². The summed E-state index contributed by atoms with van der Waals surface area (Å²) in [4.78, 5) is 13.5. The maximum absolute atomic E-state index is 9.60. The quantitative estimate of drug-likeness (QED) is 0.421. The molecular weight excluding hydrogens is 326 g/mol. The van der Waals surface area contributed by atoms with Crippen LogP contribution < -0.4 is 5.32 Å². The summed E-state index contributed by atoms with van der Waals surface area (Å²) >= 11 is 0. The Morgan fingerprint density at radius 2 is 2.04 bits per heavy atom. The number of hydrogen-bond acceptors (Lipinski definition) is 5. The van der Waals surface area contributed by atoms with Crippen LogP contribution in [0.5, 0.6) is 0 Å². The van der Waals surface area contributed by atoms with Gasteiger partial charge in [0, 0.05) is 25.3 Å². The fourth-order valence-electron chi connectivity index (χ4n) is 2.64. The first-order valence-corrected chi connectivity index (χ1v) is 9.24. The Hall–Kier alpha value is -1.93. The van der Waals surface area contributed by atoms with E-state index in [1.54, 1.807) is 13.3 Å². The first-order chi connectivity index (χ1) is 12.2. The largest absolute Gasteiger partial charge is 0.462 e. The fourth-order valence-corrected chi connectivity index (χ4v) is 2.64. The van der Waals surface area contributed by atoms with Gasteiger partial charge < -0.3 is 10.1 Å². The highest BCUT2D eigenvalue weighted by molar-refractivity contribution is 5.70. The van der Waals surface area contributed by atoms with Crippen LogP contribution in [0.2, 0.25) is 0 Å². The number of carbonyl (C=O) groups excluding carboxylic acids is 1. The number of nitrogens with zero attached hydrogens (tertiary/aromatic N) is 2. The molecule has 1 aliphatic rings. The van der Waals surface area contributed by atoms with Gasteiger partial charge in [-0.25, -0.2) is 0 Å². The summed E-state index contributed by atoms with van der Waals surface area (Å²) in [5.74, 6) is 0.789. The molecule has 0 aromatic carbocycles. The Morgan fingerprint density at radius 1 is 1.35 bits per heavy atom. The maximum atomic E-state index is 9.60. The van der Waals surface area contributed by atoms with Crippen LogP contribution in [0.15, 0.2) is 29.3 Å². The molecule has 0 aromatic rings. The molecule has 0 aromatic heterocycles. The first-order valence-electron chi connectivity index (χ1n) is 9.24. The van der Waals surface area contributed by atoms with Gasteiger partial charge >= 0.3 is 0 Å². The number of aliphatic imine (C=N–C) groups is 1. The number of nitrogens with one attached hydrogen (secondary N) is 1. The molecule has 1 aliphatic heterocycles. The van der Waals surface area contributed by atoms with E-state index in [-0.39, 0.29) is 17.6 Å². The predicted molar refractivity (Wildman–Crippen MR) is 108 cm³/mol. The molecule has 1 rings (SSSR count). The monoisotopic (exact) mass is 361 g/mol. The number of carbonyl (C=O) groups is 1. The minimum Gasteiger partial charge on any atom is -0.462 e. The van der Waals surface area contributed by atoms with Gasteiger partial charge in [0.2, 0.25) is 0 Å². The summed E-state index contributed by atoms with van der Waals surface area (Å²) in [5.41, 5.74) is -0.318. The van der Waals surface area contributed by atoms with Crippen LogP contribution in [0.1, 0.15) is 53.9 Å². The van der Waals surface area contributed by atoms with Crippen molar-refractivity contribution in [3.8, 4) is 6.07 Å². The normalized spacial score (nSPS) is 23.4. The second-order valence-electron chi connectivity index (χ2n) is 7.82. The lowest BCUT2D eigenvalue weighted by Crippen LogP contribution is -2.30. The Bertz CT molecular complexity index is 510.